The normalized spacial score (nSPS) is 42.9. The maximum absolute atomic E-state index is 10.4. The molecule has 8 rings (SSSR count). The Kier molecular flexibility index (Phi) is 13.1. The van der Waals surface area contributed by atoms with Crippen LogP contribution < -0.4 is 0 Å². The largest absolute Gasteiger partial charge is 0.393 e. The van der Waals surface area contributed by atoms with Gasteiger partial charge in [0.25, 0.3) is 0 Å². The Morgan fingerprint density at radius 3 is 1.37 bits per heavy atom. The van der Waals surface area contributed by atoms with E-state index < -0.39 is 24.4 Å². The fraction of sp³-hybridized carbons (Fsp3) is 0.704. The Hall–Kier alpha value is -2.28. The van der Waals surface area contributed by atoms with Crippen molar-refractivity contribution in [1.82, 2.24) is 0 Å². The summed E-state index contributed by atoms with van der Waals surface area (Å²) in [5.74, 6) is 4.82. The first-order valence-electron chi connectivity index (χ1n) is 24.2. The molecule has 0 saturated heterocycles. The van der Waals surface area contributed by atoms with Crippen LogP contribution in [0.25, 0.3) is 0 Å². The minimum absolute atomic E-state index is 0.201. The van der Waals surface area contributed by atoms with E-state index in [9.17, 15) is 20.4 Å². The van der Waals surface area contributed by atoms with E-state index in [0.717, 1.165) is 35.1 Å². The lowest BCUT2D eigenvalue weighted by Gasteiger charge is -2.44. The van der Waals surface area contributed by atoms with Crippen LogP contribution in [0.15, 0.2) is 95.2 Å². The average Bonchev–Trinajstić information content (AvgIpc) is 4.14. The Balaban J connectivity index is 0.904. The van der Waals surface area contributed by atoms with Gasteiger partial charge in [0.1, 0.15) is 0 Å². The van der Waals surface area contributed by atoms with Crippen LogP contribution in [0.1, 0.15) is 143 Å². The number of aliphatic hydroxyl groups excluding tert-OH is 4. The van der Waals surface area contributed by atoms with Gasteiger partial charge in [-0.25, -0.2) is 0 Å². The molecule has 0 aromatic carbocycles. The van der Waals surface area contributed by atoms with Gasteiger partial charge in [-0.2, -0.15) is 0 Å². The zero-order valence-corrected chi connectivity index (χ0v) is 37.0. The van der Waals surface area contributed by atoms with E-state index in [1.54, 1.807) is 11.1 Å². The molecule has 5 nitrogen and oxygen atoms in total. The van der Waals surface area contributed by atoms with Crippen molar-refractivity contribution in [3.05, 3.63) is 95.2 Å². The van der Waals surface area contributed by atoms with Gasteiger partial charge in [0.2, 0.25) is 0 Å². The van der Waals surface area contributed by atoms with Crippen LogP contribution in [0.4, 0.5) is 0 Å². The van der Waals surface area contributed by atoms with E-state index in [4.69, 9.17) is 4.74 Å². The molecule has 0 unspecified atom stereocenters. The molecule has 8 aliphatic carbocycles. The van der Waals surface area contributed by atoms with Crippen molar-refractivity contribution in [2.24, 2.45) is 58.2 Å². The summed E-state index contributed by atoms with van der Waals surface area (Å²) in [5.41, 5.74) is 7.28. The van der Waals surface area contributed by atoms with E-state index in [0.29, 0.717) is 83.9 Å². The number of allylic oxidation sites excluding steroid dienone is 8. The third-order valence-corrected chi connectivity index (χ3v) is 17.6. The molecule has 14 atom stereocenters. The molecule has 59 heavy (non-hydrogen) atoms. The van der Waals surface area contributed by atoms with Crippen molar-refractivity contribution in [3.63, 3.8) is 0 Å². The van der Waals surface area contributed by atoms with Gasteiger partial charge in [0, 0.05) is 12.8 Å². The van der Waals surface area contributed by atoms with Crippen LogP contribution in [-0.2, 0) is 4.74 Å². The van der Waals surface area contributed by atoms with Crippen molar-refractivity contribution in [1.29, 1.82) is 0 Å². The lowest BCUT2D eigenvalue weighted by atomic mass is 9.61. The first-order valence-corrected chi connectivity index (χ1v) is 24.2. The second-order valence-electron chi connectivity index (χ2n) is 21.6. The number of rotatable bonds is 12. The average molecular weight is 807 g/mol. The maximum atomic E-state index is 10.4. The second kappa shape index (κ2) is 17.8. The summed E-state index contributed by atoms with van der Waals surface area (Å²) in [6.07, 6.45) is 36.7. The van der Waals surface area contributed by atoms with Crippen LogP contribution >= 0.6 is 0 Å². The monoisotopic (exact) mass is 807 g/mol. The van der Waals surface area contributed by atoms with Crippen LogP contribution in [0.2, 0.25) is 0 Å². The highest BCUT2D eigenvalue weighted by Gasteiger charge is 2.52. The highest BCUT2D eigenvalue weighted by molar-refractivity contribution is 5.40. The van der Waals surface area contributed by atoms with Crippen molar-refractivity contribution >= 4 is 0 Å². The Morgan fingerprint density at radius 2 is 0.983 bits per heavy atom. The molecule has 324 valence electrons. The minimum atomic E-state index is -0.638. The highest BCUT2D eigenvalue weighted by atomic mass is 16.5. The number of hydrogen-bond donors (Lipinski definition) is 4. The smallest absolute Gasteiger partial charge is 0.0811 e. The van der Waals surface area contributed by atoms with Crippen LogP contribution in [0.5, 0.6) is 0 Å². The molecule has 0 aromatic rings. The number of ether oxygens (including phenoxy) is 1. The quantitative estimate of drug-likeness (QED) is 0.148. The van der Waals surface area contributed by atoms with Crippen molar-refractivity contribution in [3.8, 4) is 0 Å². The molecule has 0 bridgehead atoms. The van der Waals surface area contributed by atoms with Gasteiger partial charge in [-0.1, -0.05) is 101 Å². The lowest BCUT2D eigenvalue weighted by molar-refractivity contribution is 0.0164. The predicted octanol–water partition coefficient (Wildman–Crippen LogP) is 11.2. The van der Waals surface area contributed by atoms with E-state index in [-0.39, 0.29) is 12.2 Å². The molecule has 5 heteroatoms. The van der Waals surface area contributed by atoms with Crippen LogP contribution in [0, 0.1) is 58.2 Å². The summed E-state index contributed by atoms with van der Waals surface area (Å²) < 4.78 is 7.16. The van der Waals surface area contributed by atoms with Gasteiger partial charge in [0.05, 0.1) is 36.6 Å². The molecule has 4 N–H and O–H groups in total. The van der Waals surface area contributed by atoms with E-state index in [2.05, 4.69) is 89.5 Å². The zero-order chi connectivity index (χ0) is 41.6. The first-order chi connectivity index (χ1) is 28.2. The summed E-state index contributed by atoms with van der Waals surface area (Å²) in [6.45, 7) is 18.4. The summed E-state index contributed by atoms with van der Waals surface area (Å²) in [4.78, 5) is 0. The number of aliphatic hydroxyl groups is 4. The second-order valence-corrected chi connectivity index (χ2v) is 21.6. The Bertz CT molecular complexity index is 1630. The number of hydrogen-bond acceptors (Lipinski definition) is 5. The fourth-order valence-electron chi connectivity index (χ4n) is 13.7. The van der Waals surface area contributed by atoms with Crippen molar-refractivity contribution in [2.75, 3.05) is 0 Å². The van der Waals surface area contributed by atoms with Gasteiger partial charge in [-0.15, -0.1) is 0 Å². The standard InChI is InChI=1S/C54H78O5/c1-33(45-21-23-47-37(9-7-27-53(45,47)5)13-19-41-29-43(55)31-49(57)35(41)3)11-25-51(39-15-16-39)59-52(40-17-18-40)26-12-34(2)46-22-24-48-38(10-8-28-54(46,48)6)14-20-42-30-44(56)32-50(58)36(42)4/h11-14,19-20,25-26,33-34,39-40,43-52,55-58H,3-4,7-10,15-18,21-24,27-32H2,1-2,5-6H3/b25-11+,26-12+,37-13+,38-14+,41-19-,42-20-/t33-,34-,43-,44-,45-,46-,47+,48+,49+,50+,51-,52+,53-,54-/m1/s1. The molecule has 8 fully saturated rings. The molecule has 8 saturated carbocycles. The third-order valence-electron chi connectivity index (χ3n) is 17.6. The Labute approximate surface area is 357 Å². The fourth-order valence-corrected chi connectivity index (χ4v) is 13.7. The lowest BCUT2D eigenvalue weighted by Crippen LogP contribution is -2.35. The van der Waals surface area contributed by atoms with Gasteiger partial charge in [-0.05, 0) is 183 Å². The molecule has 0 amide bonds. The molecule has 0 aliphatic heterocycles. The SMILES string of the molecule is C=C1/C(=C\C=C2/CCC[C@]3(C)[C@@H]([C@H](C)/C=C/[C@H](O[C@H](/C=C/[C@@H](C)[C@H]4CC[C@H]5/C(=C/C=C6/C[C@@H](O)C[C@H](O)C6=C)CCC[C@]45C)C4CC4)C4CC4)CC[C@@H]23)C[C@@H](O)C[C@@H]1O. The van der Waals surface area contributed by atoms with Crippen molar-refractivity contribution < 1.29 is 25.2 Å². The predicted molar refractivity (Wildman–Crippen MR) is 240 cm³/mol. The number of fused-ring (bicyclic) bond motifs is 2. The van der Waals surface area contributed by atoms with Crippen LogP contribution in [0.3, 0.4) is 0 Å². The minimum Gasteiger partial charge on any atom is -0.393 e. The summed E-state index contributed by atoms with van der Waals surface area (Å²) in [5, 5.41) is 41.4. The summed E-state index contributed by atoms with van der Waals surface area (Å²) in [6, 6.07) is 0. The Morgan fingerprint density at radius 1 is 0.576 bits per heavy atom. The van der Waals surface area contributed by atoms with E-state index >= 15 is 0 Å². The molecular formula is C54H78O5. The zero-order valence-electron chi connectivity index (χ0n) is 37.0. The van der Waals surface area contributed by atoms with Crippen LogP contribution in [-0.4, -0.2) is 57.0 Å². The molecule has 0 aromatic heterocycles. The molecule has 0 heterocycles. The molecule has 8 aliphatic rings. The summed E-state index contributed by atoms with van der Waals surface area (Å²) in [7, 11) is 0. The highest BCUT2D eigenvalue weighted by Crippen LogP contribution is 2.61. The van der Waals surface area contributed by atoms with E-state index in [1.807, 2.05) is 0 Å². The van der Waals surface area contributed by atoms with Gasteiger partial charge >= 0.3 is 0 Å². The maximum Gasteiger partial charge on any atom is 0.0811 e. The third kappa shape index (κ3) is 9.27. The van der Waals surface area contributed by atoms with Gasteiger partial charge < -0.3 is 25.2 Å². The molecule has 0 radical (unpaired) electrons. The van der Waals surface area contributed by atoms with Crippen molar-refractivity contribution in [2.45, 2.75) is 180 Å². The molecular weight excluding hydrogens is 729 g/mol. The van der Waals surface area contributed by atoms with Gasteiger partial charge in [-0.3, -0.25) is 0 Å². The summed E-state index contributed by atoms with van der Waals surface area (Å²) >= 11 is 0. The first kappa shape index (κ1) is 43.4. The molecule has 0 spiro atoms. The van der Waals surface area contributed by atoms with E-state index in [1.165, 1.54) is 77.0 Å². The topological polar surface area (TPSA) is 90.2 Å². The van der Waals surface area contributed by atoms with Gasteiger partial charge in [0.15, 0.2) is 0 Å².